The van der Waals surface area contributed by atoms with Crippen LogP contribution in [-0.2, 0) is 4.74 Å². The summed E-state index contributed by atoms with van der Waals surface area (Å²) in [6.45, 7) is 6.54. The second kappa shape index (κ2) is 5.75. The minimum absolute atomic E-state index is 0.0492. The summed E-state index contributed by atoms with van der Waals surface area (Å²) < 4.78 is 10.4. The average Bonchev–Trinajstić information content (AvgIpc) is 2.86. The average molecular weight is 296 g/mol. The van der Waals surface area contributed by atoms with Gasteiger partial charge in [0, 0.05) is 25.1 Å². The number of hydrogen-bond donors (Lipinski definition) is 1. The van der Waals surface area contributed by atoms with Gasteiger partial charge >= 0.3 is 12.1 Å². The van der Waals surface area contributed by atoms with Crippen LogP contribution in [0.1, 0.15) is 55.8 Å². The summed E-state index contributed by atoms with van der Waals surface area (Å²) >= 11 is 0. The highest BCUT2D eigenvalue weighted by Crippen LogP contribution is 2.28. The Morgan fingerprint density at radius 2 is 2.19 bits per heavy atom. The van der Waals surface area contributed by atoms with Gasteiger partial charge in [-0.05, 0) is 33.6 Å². The van der Waals surface area contributed by atoms with Crippen LogP contribution in [0, 0.1) is 0 Å². The summed E-state index contributed by atoms with van der Waals surface area (Å²) in [5.41, 5.74) is -0.647. The van der Waals surface area contributed by atoms with Gasteiger partial charge in [0.1, 0.15) is 11.4 Å². The van der Waals surface area contributed by atoms with Crippen molar-refractivity contribution in [3.8, 4) is 0 Å². The van der Waals surface area contributed by atoms with Gasteiger partial charge in [0.15, 0.2) is 5.69 Å². The number of carbonyl (C=O) groups excluding carboxylic acids is 1. The zero-order chi connectivity index (χ0) is 15.6. The van der Waals surface area contributed by atoms with E-state index in [9.17, 15) is 9.59 Å². The number of carboxylic acid groups (broad SMARTS) is 1. The number of piperidine rings is 1. The van der Waals surface area contributed by atoms with Crippen molar-refractivity contribution < 1.29 is 24.0 Å². The number of ether oxygens (including phenoxy) is 1. The Balaban J connectivity index is 2.03. The van der Waals surface area contributed by atoms with Crippen LogP contribution >= 0.6 is 0 Å². The second-order valence-corrected chi connectivity index (χ2v) is 6.19. The summed E-state index contributed by atoms with van der Waals surface area (Å²) in [7, 11) is 0. The first-order valence-electron chi connectivity index (χ1n) is 6.94. The van der Waals surface area contributed by atoms with Crippen LogP contribution in [0.3, 0.4) is 0 Å². The molecule has 1 saturated heterocycles. The van der Waals surface area contributed by atoms with Gasteiger partial charge in [-0.1, -0.05) is 5.16 Å². The van der Waals surface area contributed by atoms with E-state index in [-0.39, 0.29) is 17.7 Å². The van der Waals surface area contributed by atoms with E-state index in [1.807, 2.05) is 20.8 Å². The van der Waals surface area contributed by atoms with Gasteiger partial charge < -0.3 is 19.3 Å². The van der Waals surface area contributed by atoms with E-state index < -0.39 is 11.6 Å². The van der Waals surface area contributed by atoms with Crippen molar-refractivity contribution in [2.75, 3.05) is 13.1 Å². The van der Waals surface area contributed by atoms with Gasteiger partial charge in [0.05, 0.1) is 0 Å². The molecule has 7 nitrogen and oxygen atoms in total. The number of aromatic carboxylic acids is 1. The van der Waals surface area contributed by atoms with Crippen LogP contribution in [0.4, 0.5) is 4.79 Å². The Morgan fingerprint density at radius 3 is 2.76 bits per heavy atom. The van der Waals surface area contributed by atoms with Gasteiger partial charge in [-0.3, -0.25) is 0 Å². The number of hydrogen-bond acceptors (Lipinski definition) is 5. The Labute approximate surface area is 122 Å². The first kappa shape index (κ1) is 15.3. The highest BCUT2D eigenvalue weighted by Gasteiger charge is 2.30. The first-order chi connectivity index (χ1) is 9.76. The van der Waals surface area contributed by atoms with Gasteiger partial charge in [-0.15, -0.1) is 0 Å². The lowest BCUT2D eigenvalue weighted by molar-refractivity contribution is 0.0190. The number of likely N-dealkylation sites (tertiary alicyclic amines) is 1. The third-order valence-electron chi connectivity index (χ3n) is 3.22. The number of rotatable bonds is 2. The molecule has 0 spiro atoms. The molecule has 1 amide bonds. The fourth-order valence-corrected chi connectivity index (χ4v) is 2.28. The molecule has 7 heteroatoms. The third-order valence-corrected chi connectivity index (χ3v) is 3.22. The van der Waals surface area contributed by atoms with Gasteiger partial charge in [0.25, 0.3) is 0 Å². The van der Waals surface area contributed by atoms with Crippen molar-refractivity contribution in [2.24, 2.45) is 0 Å². The number of aromatic nitrogens is 1. The normalized spacial score (nSPS) is 19.4. The zero-order valence-corrected chi connectivity index (χ0v) is 12.5. The van der Waals surface area contributed by atoms with Crippen LogP contribution in [0.2, 0.25) is 0 Å². The maximum Gasteiger partial charge on any atom is 0.410 e. The first-order valence-corrected chi connectivity index (χ1v) is 6.94. The largest absolute Gasteiger partial charge is 0.476 e. The fourth-order valence-electron chi connectivity index (χ4n) is 2.28. The molecule has 1 unspecified atom stereocenters. The number of carboxylic acids is 1. The Bertz CT molecular complexity index is 532. The fraction of sp³-hybridized carbons (Fsp3) is 0.643. The highest BCUT2D eigenvalue weighted by molar-refractivity contribution is 5.85. The van der Waals surface area contributed by atoms with Crippen molar-refractivity contribution in [3.05, 3.63) is 17.5 Å². The van der Waals surface area contributed by atoms with E-state index in [2.05, 4.69) is 5.16 Å². The topological polar surface area (TPSA) is 92.9 Å². The van der Waals surface area contributed by atoms with Crippen molar-refractivity contribution in [2.45, 2.75) is 45.1 Å². The van der Waals surface area contributed by atoms with E-state index in [0.29, 0.717) is 18.8 Å². The molecule has 2 heterocycles. The van der Waals surface area contributed by atoms with Crippen molar-refractivity contribution in [1.29, 1.82) is 0 Å². The predicted octanol–water partition coefficient (Wildman–Crippen LogP) is 2.49. The van der Waals surface area contributed by atoms with Crippen molar-refractivity contribution >= 4 is 12.1 Å². The minimum Gasteiger partial charge on any atom is -0.476 e. The van der Waals surface area contributed by atoms with Crippen molar-refractivity contribution in [1.82, 2.24) is 10.1 Å². The van der Waals surface area contributed by atoms with Crippen LogP contribution in [0.5, 0.6) is 0 Å². The number of carbonyl (C=O) groups is 2. The summed E-state index contributed by atoms with van der Waals surface area (Å²) in [6.07, 6.45) is 1.28. The third kappa shape index (κ3) is 3.96. The van der Waals surface area contributed by atoms with Gasteiger partial charge in [-0.2, -0.15) is 0 Å². The molecular formula is C14H20N2O5. The molecule has 0 saturated carbocycles. The monoisotopic (exact) mass is 296 g/mol. The summed E-state index contributed by atoms with van der Waals surface area (Å²) in [5.74, 6) is -0.669. The molecule has 0 aliphatic carbocycles. The van der Waals surface area contributed by atoms with E-state index in [4.69, 9.17) is 14.4 Å². The maximum atomic E-state index is 12.1. The molecule has 0 aromatic carbocycles. The molecule has 0 bridgehead atoms. The standard InChI is InChI=1S/C14H20N2O5/c1-14(2,3)20-13(19)16-6-4-5-9(8-16)11-7-10(12(17)18)15-21-11/h7,9H,4-6,8H2,1-3H3,(H,17,18). The number of nitrogens with zero attached hydrogens (tertiary/aromatic N) is 2. The van der Waals surface area contributed by atoms with Crippen LogP contribution < -0.4 is 0 Å². The summed E-state index contributed by atoms with van der Waals surface area (Å²) in [4.78, 5) is 24.5. The SMILES string of the molecule is CC(C)(C)OC(=O)N1CCCC(c2cc(C(=O)O)no2)C1. The molecule has 116 valence electrons. The molecule has 1 N–H and O–H groups in total. The Kier molecular flexibility index (Phi) is 4.20. The lowest BCUT2D eigenvalue weighted by Gasteiger charge is -2.33. The maximum absolute atomic E-state index is 12.1. The van der Waals surface area contributed by atoms with E-state index >= 15 is 0 Å². The Hall–Kier alpha value is -2.05. The van der Waals surface area contributed by atoms with E-state index in [1.165, 1.54) is 6.07 Å². The quantitative estimate of drug-likeness (QED) is 0.901. The molecule has 1 atom stereocenters. The molecule has 1 aliphatic rings. The van der Waals surface area contributed by atoms with Crippen LogP contribution in [0.15, 0.2) is 10.6 Å². The molecule has 0 radical (unpaired) electrons. The second-order valence-electron chi connectivity index (χ2n) is 6.19. The van der Waals surface area contributed by atoms with Gasteiger partial charge in [0.2, 0.25) is 0 Å². The predicted molar refractivity (Wildman–Crippen MR) is 73.2 cm³/mol. The lowest BCUT2D eigenvalue weighted by Crippen LogP contribution is -2.42. The molecular weight excluding hydrogens is 276 g/mol. The Morgan fingerprint density at radius 1 is 1.48 bits per heavy atom. The summed E-state index contributed by atoms with van der Waals surface area (Å²) in [5, 5.41) is 12.4. The van der Waals surface area contributed by atoms with E-state index in [1.54, 1.807) is 4.90 Å². The van der Waals surface area contributed by atoms with E-state index in [0.717, 1.165) is 12.8 Å². The summed E-state index contributed by atoms with van der Waals surface area (Å²) in [6, 6.07) is 1.42. The number of amides is 1. The zero-order valence-electron chi connectivity index (χ0n) is 12.5. The van der Waals surface area contributed by atoms with Gasteiger partial charge in [-0.25, -0.2) is 9.59 Å². The minimum atomic E-state index is -1.12. The molecule has 1 aromatic heterocycles. The molecule has 1 aromatic rings. The van der Waals surface area contributed by atoms with Crippen LogP contribution in [-0.4, -0.2) is 45.9 Å². The molecule has 21 heavy (non-hydrogen) atoms. The van der Waals surface area contributed by atoms with Crippen LogP contribution in [0.25, 0.3) is 0 Å². The molecule has 1 fully saturated rings. The lowest BCUT2D eigenvalue weighted by atomic mass is 9.95. The van der Waals surface area contributed by atoms with Crippen molar-refractivity contribution in [3.63, 3.8) is 0 Å². The highest BCUT2D eigenvalue weighted by atomic mass is 16.6. The smallest absolute Gasteiger partial charge is 0.410 e. The molecule has 2 rings (SSSR count). The molecule has 1 aliphatic heterocycles.